The molecule has 1 N–H and O–H groups in total. The van der Waals surface area contributed by atoms with E-state index in [1.54, 1.807) is 6.92 Å². The third kappa shape index (κ3) is 2.62. The molecule has 0 atom stereocenters. The van der Waals surface area contributed by atoms with E-state index in [9.17, 15) is 18.3 Å². The first-order valence-corrected chi connectivity index (χ1v) is 5.82. The molecule has 0 saturated heterocycles. The largest absolute Gasteiger partial charge is 0.438 e. The van der Waals surface area contributed by atoms with E-state index in [1.807, 2.05) is 0 Å². The number of hydrogen-bond acceptors (Lipinski definition) is 3. The predicted octanol–water partition coefficient (Wildman–Crippen LogP) is 3.03. The van der Waals surface area contributed by atoms with Gasteiger partial charge in [-0.15, -0.1) is 0 Å². The van der Waals surface area contributed by atoms with Gasteiger partial charge in [-0.1, -0.05) is 12.1 Å². The van der Waals surface area contributed by atoms with E-state index in [0.717, 1.165) is 6.07 Å². The zero-order valence-electron chi connectivity index (χ0n) is 10.9. The number of aryl methyl sites for hydroxylation is 2. The summed E-state index contributed by atoms with van der Waals surface area (Å²) in [5.74, 6) is -0.223. The Morgan fingerprint density at radius 3 is 2.55 bits per heavy atom. The predicted molar refractivity (Wildman–Crippen MR) is 65.4 cm³/mol. The summed E-state index contributed by atoms with van der Waals surface area (Å²) in [6.45, 7) is 1.29. The lowest BCUT2D eigenvalue weighted by Gasteiger charge is -2.14. The number of alkyl halides is 3. The summed E-state index contributed by atoms with van der Waals surface area (Å²) in [6.07, 6.45) is -4.51. The summed E-state index contributed by atoms with van der Waals surface area (Å²) in [7, 11) is 1.54. The Kier molecular flexibility index (Phi) is 3.71. The lowest BCUT2D eigenvalue weighted by molar-refractivity contribution is -0.138. The third-order valence-electron chi connectivity index (χ3n) is 2.85. The van der Waals surface area contributed by atoms with Crippen molar-refractivity contribution in [3.05, 3.63) is 41.1 Å². The molecule has 0 amide bonds. The monoisotopic (exact) mass is 286 g/mol. The molecule has 0 aliphatic rings. The minimum Gasteiger partial charge on any atom is -0.438 e. The van der Waals surface area contributed by atoms with Gasteiger partial charge in [0.15, 0.2) is 0 Å². The average Bonchev–Trinajstić information content (AvgIpc) is 2.63. The molecule has 7 heteroatoms. The first kappa shape index (κ1) is 14.4. The first-order chi connectivity index (χ1) is 9.34. The number of rotatable bonds is 3. The third-order valence-corrected chi connectivity index (χ3v) is 2.85. The van der Waals surface area contributed by atoms with Gasteiger partial charge in [-0.05, 0) is 19.1 Å². The Morgan fingerprint density at radius 1 is 1.30 bits per heavy atom. The fourth-order valence-corrected chi connectivity index (χ4v) is 1.88. The number of nitrogens with zero attached hydrogens (tertiary/aromatic N) is 2. The summed E-state index contributed by atoms with van der Waals surface area (Å²) in [5, 5.41) is 13.3. The smallest absolute Gasteiger partial charge is 0.419 e. The van der Waals surface area contributed by atoms with Crippen LogP contribution in [0.3, 0.4) is 0 Å². The maximum Gasteiger partial charge on any atom is 0.419 e. The van der Waals surface area contributed by atoms with Crippen LogP contribution < -0.4 is 4.74 Å². The van der Waals surface area contributed by atoms with Gasteiger partial charge in [0.05, 0.1) is 23.4 Å². The van der Waals surface area contributed by atoms with E-state index in [0.29, 0.717) is 11.3 Å². The summed E-state index contributed by atoms with van der Waals surface area (Å²) in [4.78, 5) is 0. The van der Waals surface area contributed by atoms with Gasteiger partial charge in [0, 0.05) is 7.05 Å². The van der Waals surface area contributed by atoms with Crippen molar-refractivity contribution in [2.45, 2.75) is 19.7 Å². The van der Waals surface area contributed by atoms with Crippen LogP contribution in [-0.2, 0) is 19.8 Å². The van der Waals surface area contributed by atoms with E-state index in [1.165, 1.54) is 29.9 Å². The second kappa shape index (κ2) is 5.16. The maximum absolute atomic E-state index is 12.9. The number of aromatic nitrogens is 2. The Labute approximate surface area is 113 Å². The molecule has 2 rings (SSSR count). The van der Waals surface area contributed by atoms with Crippen LogP contribution in [0.4, 0.5) is 13.2 Å². The average molecular weight is 286 g/mol. The second-order valence-electron chi connectivity index (χ2n) is 4.25. The zero-order valence-corrected chi connectivity index (χ0v) is 10.9. The highest BCUT2D eigenvalue weighted by Crippen LogP contribution is 2.38. The SMILES string of the molecule is Cc1nn(C)c(Oc2ccccc2C(F)(F)F)c1CO. The molecule has 4 nitrogen and oxygen atoms in total. The van der Waals surface area contributed by atoms with Gasteiger partial charge in [-0.3, -0.25) is 0 Å². The Morgan fingerprint density at radius 2 is 1.95 bits per heavy atom. The lowest BCUT2D eigenvalue weighted by atomic mass is 10.2. The molecule has 1 heterocycles. The van der Waals surface area contributed by atoms with E-state index >= 15 is 0 Å². The van der Waals surface area contributed by atoms with Crippen molar-refractivity contribution >= 4 is 0 Å². The van der Waals surface area contributed by atoms with Gasteiger partial charge in [0.2, 0.25) is 5.88 Å². The molecule has 0 aliphatic heterocycles. The molecule has 1 aromatic heterocycles. The molecule has 0 fully saturated rings. The number of para-hydroxylation sites is 1. The highest BCUT2D eigenvalue weighted by molar-refractivity contribution is 5.40. The Balaban J connectivity index is 2.46. The number of aliphatic hydroxyl groups excluding tert-OH is 1. The Hall–Kier alpha value is -2.02. The molecule has 0 bridgehead atoms. The molecular weight excluding hydrogens is 273 g/mol. The van der Waals surface area contributed by atoms with Gasteiger partial charge >= 0.3 is 6.18 Å². The van der Waals surface area contributed by atoms with Crippen LogP contribution in [0.5, 0.6) is 11.6 Å². The maximum atomic E-state index is 12.9. The van der Waals surface area contributed by atoms with Crippen LogP contribution in [0.1, 0.15) is 16.8 Å². The molecule has 0 unspecified atom stereocenters. The highest BCUT2D eigenvalue weighted by atomic mass is 19.4. The van der Waals surface area contributed by atoms with Crippen LogP contribution >= 0.6 is 0 Å². The number of hydrogen-bond donors (Lipinski definition) is 1. The van der Waals surface area contributed by atoms with E-state index in [4.69, 9.17) is 4.74 Å². The van der Waals surface area contributed by atoms with E-state index in [-0.39, 0.29) is 18.2 Å². The molecule has 1 aromatic carbocycles. The minimum absolute atomic E-state index is 0.0988. The van der Waals surface area contributed by atoms with Crippen molar-refractivity contribution in [1.82, 2.24) is 9.78 Å². The molecule has 0 aliphatic carbocycles. The van der Waals surface area contributed by atoms with Gasteiger partial charge in [-0.25, -0.2) is 4.68 Å². The summed E-state index contributed by atoms with van der Waals surface area (Å²) in [5.41, 5.74) is 0.00158. The van der Waals surface area contributed by atoms with Crippen molar-refractivity contribution in [1.29, 1.82) is 0 Å². The molecule has 0 spiro atoms. The quantitative estimate of drug-likeness (QED) is 0.943. The lowest BCUT2D eigenvalue weighted by Crippen LogP contribution is -2.08. The molecule has 20 heavy (non-hydrogen) atoms. The van der Waals surface area contributed by atoms with Crippen LogP contribution in [0.2, 0.25) is 0 Å². The second-order valence-corrected chi connectivity index (χ2v) is 4.25. The topological polar surface area (TPSA) is 47.3 Å². The highest BCUT2D eigenvalue weighted by Gasteiger charge is 2.34. The standard InChI is InChI=1S/C13H13F3N2O2/c1-8-9(7-19)12(18(2)17-8)20-11-6-4-3-5-10(11)13(14,15)16/h3-6,19H,7H2,1-2H3. The van der Waals surface area contributed by atoms with Crippen molar-refractivity contribution in [2.75, 3.05) is 0 Å². The zero-order chi connectivity index (χ0) is 14.9. The van der Waals surface area contributed by atoms with E-state index in [2.05, 4.69) is 5.10 Å². The normalized spacial score (nSPS) is 11.7. The molecular formula is C13H13F3N2O2. The van der Waals surface area contributed by atoms with Crippen molar-refractivity contribution in [3.63, 3.8) is 0 Å². The van der Waals surface area contributed by atoms with Crippen molar-refractivity contribution in [3.8, 4) is 11.6 Å². The van der Waals surface area contributed by atoms with Crippen LogP contribution in [0.25, 0.3) is 0 Å². The summed E-state index contributed by atoms with van der Waals surface area (Å²) < 4.78 is 45.3. The molecule has 108 valence electrons. The first-order valence-electron chi connectivity index (χ1n) is 5.82. The van der Waals surface area contributed by atoms with Gasteiger partial charge in [0.1, 0.15) is 5.75 Å². The summed E-state index contributed by atoms with van der Waals surface area (Å²) in [6, 6.07) is 4.91. The van der Waals surface area contributed by atoms with Crippen molar-refractivity contribution < 1.29 is 23.0 Å². The van der Waals surface area contributed by atoms with Crippen LogP contribution in [0, 0.1) is 6.92 Å². The Bertz CT molecular complexity index is 621. The van der Waals surface area contributed by atoms with Crippen LogP contribution in [0.15, 0.2) is 24.3 Å². The summed E-state index contributed by atoms with van der Waals surface area (Å²) >= 11 is 0. The number of benzene rings is 1. The minimum atomic E-state index is -4.51. The van der Waals surface area contributed by atoms with Gasteiger partial charge in [0.25, 0.3) is 0 Å². The fraction of sp³-hybridized carbons (Fsp3) is 0.308. The van der Waals surface area contributed by atoms with E-state index < -0.39 is 11.7 Å². The van der Waals surface area contributed by atoms with Gasteiger partial charge in [-0.2, -0.15) is 18.3 Å². The molecule has 0 saturated carbocycles. The van der Waals surface area contributed by atoms with Gasteiger partial charge < -0.3 is 9.84 Å². The fourth-order valence-electron chi connectivity index (χ4n) is 1.88. The van der Waals surface area contributed by atoms with Crippen LogP contribution in [-0.4, -0.2) is 14.9 Å². The number of aliphatic hydroxyl groups is 1. The van der Waals surface area contributed by atoms with Crippen molar-refractivity contribution in [2.24, 2.45) is 7.05 Å². The number of halogens is 3. The molecule has 2 aromatic rings. The molecule has 0 radical (unpaired) electrons. The number of ether oxygens (including phenoxy) is 1.